The summed E-state index contributed by atoms with van der Waals surface area (Å²) in [6, 6.07) is 6.15. The molecule has 1 heterocycles. The van der Waals surface area contributed by atoms with Crippen LogP contribution in [0.3, 0.4) is 0 Å². The van der Waals surface area contributed by atoms with Crippen molar-refractivity contribution in [3.63, 3.8) is 0 Å². The van der Waals surface area contributed by atoms with Gasteiger partial charge in [-0.3, -0.25) is 4.79 Å². The molecule has 0 aliphatic heterocycles. The summed E-state index contributed by atoms with van der Waals surface area (Å²) in [6.07, 6.45) is 0.158. The summed E-state index contributed by atoms with van der Waals surface area (Å²) in [5.74, 6) is 0.235. The summed E-state index contributed by atoms with van der Waals surface area (Å²) in [5, 5.41) is 9.65. The molecule has 6 heteroatoms. The molecule has 2 rings (SSSR count). The summed E-state index contributed by atoms with van der Waals surface area (Å²) >= 11 is 0. The van der Waals surface area contributed by atoms with Gasteiger partial charge in [0.1, 0.15) is 23.1 Å². The summed E-state index contributed by atoms with van der Waals surface area (Å²) < 4.78 is 10.5. The summed E-state index contributed by atoms with van der Waals surface area (Å²) in [4.78, 5) is 15.2. The van der Waals surface area contributed by atoms with Crippen LogP contribution in [0.4, 0.5) is 0 Å². The van der Waals surface area contributed by atoms with Gasteiger partial charge < -0.3 is 20.3 Å². The second-order valence-electron chi connectivity index (χ2n) is 4.32. The highest BCUT2D eigenvalue weighted by Crippen LogP contribution is 2.31. The van der Waals surface area contributed by atoms with E-state index in [0.717, 1.165) is 5.39 Å². The minimum Gasteiger partial charge on any atom is -0.496 e. The average molecular weight is 276 g/mol. The minimum atomic E-state index is -1.05. The fraction of sp³-hybridized carbons (Fsp3) is 0.286. The molecule has 0 saturated heterocycles. The lowest BCUT2D eigenvalue weighted by molar-refractivity contribution is -0.138. The molecule has 0 fully saturated rings. The highest BCUT2D eigenvalue weighted by Gasteiger charge is 2.15. The monoisotopic (exact) mass is 276 g/mol. The molecule has 0 bridgehead atoms. The Morgan fingerprint density at radius 1 is 1.25 bits per heavy atom. The maximum absolute atomic E-state index is 10.8. The first-order chi connectivity index (χ1) is 9.56. The normalized spacial score (nSPS) is 12.2. The molecule has 0 radical (unpaired) electrons. The zero-order valence-electron chi connectivity index (χ0n) is 11.3. The van der Waals surface area contributed by atoms with Crippen LogP contribution < -0.4 is 15.2 Å². The van der Waals surface area contributed by atoms with Crippen molar-refractivity contribution in [2.45, 2.75) is 12.5 Å². The Labute approximate surface area is 116 Å². The molecule has 0 saturated carbocycles. The summed E-state index contributed by atoms with van der Waals surface area (Å²) in [5.41, 5.74) is 6.75. The SMILES string of the molecule is COc1ccc(OC)c2nc(CC(N)C(=O)O)ccc12. The van der Waals surface area contributed by atoms with Crippen LogP contribution in [-0.4, -0.2) is 36.3 Å². The number of methoxy groups -OCH3 is 2. The van der Waals surface area contributed by atoms with Crippen molar-refractivity contribution < 1.29 is 19.4 Å². The van der Waals surface area contributed by atoms with Crippen LogP contribution in [0.5, 0.6) is 11.5 Å². The van der Waals surface area contributed by atoms with Gasteiger partial charge in [-0.1, -0.05) is 0 Å². The number of carboxylic acid groups (broad SMARTS) is 1. The lowest BCUT2D eigenvalue weighted by Gasteiger charge is -2.11. The molecule has 2 aromatic rings. The van der Waals surface area contributed by atoms with Crippen LogP contribution in [-0.2, 0) is 11.2 Å². The molecular weight excluding hydrogens is 260 g/mol. The molecule has 1 aromatic carbocycles. The topological polar surface area (TPSA) is 94.7 Å². The van der Waals surface area contributed by atoms with E-state index in [1.54, 1.807) is 32.4 Å². The highest BCUT2D eigenvalue weighted by molar-refractivity contribution is 5.90. The number of carboxylic acids is 1. The smallest absolute Gasteiger partial charge is 0.320 e. The van der Waals surface area contributed by atoms with Crippen LogP contribution in [0.15, 0.2) is 24.3 Å². The van der Waals surface area contributed by atoms with Crippen LogP contribution in [0.1, 0.15) is 5.69 Å². The number of benzene rings is 1. The molecule has 1 aromatic heterocycles. The van der Waals surface area contributed by atoms with E-state index >= 15 is 0 Å². The first kappa shape index (κ1) is 14.1. The van der Waals surface area contributed by atoms with Crippen molar-refractivity contribution in [3.05, 3.63) is 30.0 Å². The number of ether oxygens (including phenoxy) is 2. The predicted octanol–water partition coefficient (Wildman–Crippen LogP) is 1.21. The number of hydrogen-bond acceptors (Lipinski definition) is 5. The van der Waals surface area contributed by atoms with Crippen molar-refractivity contribution in [3.8, 4) is 11.5 Å². The predicted molar refractivity (Wildman–Crippen MR) is 74.2 cm³/mol. The van der Waals surface area contributed by atoms with E-state index in [4.69, 9.17) is 20.3 Å². The van der Waals surface area contributed by atoms with Crippen molar-refractivity contribution in [2.75, 3.05) is 14.2 Å². The zero-order valence-corrected chi connectivity index (χ0v) is 11.3. The first-order valence-corrected chi connectivity index (χ1v) is 6.05. The molecule has 3 N–H and O–H groups in total. The standard InChI is InChI=1S/C14H16N2O4/c1-19-11-5-6-12(20-2)13-9(11)4-3-8(16-13)7-10(15)14(17)18/h3-6,10H,7,15H2,1-2H3,(H,17,18). The van der Waals surface area contributed by atoms with Crippen molar-refractivity contribution in [1.29, 1.82) is 0 Å². The van der Waals surface area contributed by atoms with Crippen molar-refractivity contribution in [1.82, 2.24) is 4.98 Å². The Morgan fingerprint density at radius 3 is 2.50 bits per heavy atom. The molecule has 0 amide bonds. The van der Waals surface area contributed by atoms with E-state index < -0.39 is 12.0 Å². The van der Waals surface area contributed by atoms with E-state index in [1.165, 1.54) is 0 Å². The number of aliphatic carboxylic acids is 1. The van der Waals surface area contributed by atoms with E-state index in [0.29, 0.717) is 22.7 Å². The van der Waals surface area contributed by atoms with Gasteiger partial charge in [0.2, 0.25) is 0 Å². The lowest BCUT2D eigenvalue weighted by atomic mass is 10.1. The average Bonchev–Trinajstić information content (AvgIpc) is 2.45. The van der Waals surface area contributed by atoms with E-state index in [1.807, 2.05) is 6.07 Å². The van der Waals surface area contributed by atoms with Gasteiger partial charge in [0.15, 0.2) is 0 Å². The van der Waals surface area contributed by atoms with Crippen LogP contribution in [0, 0.1) is 0 Å². The molecule has 106 valence electrons. The van der Waals surface area contributed by atoms with Gasteiger partial charge in [-0.2, -0.15) is 0 Å². The quantitative estimate of drug-likeness (QED) is 0.852. The van der Waals surface area contributed by atoms with Gasteiger partial charge in [0.25, 0.3) is 0 Å². The first-order valence-electron chi connectivity index (χ1n) is 6.05. The molecule has 1 atom stereocenters. The number of carbonyl (C=O) groups is 1. The van der Waals surface area contributed by atoms with Gasteiger partial charge in [-0.15, -0.1) is 0 Å². The minimum absolute atomic E-state index is 0.158. The third-order valence-electron chi connectivity index (χ3n) is 3.02. The van der Waals surface area contributed by atoms with Gasteiger partial charge in [0, 0.05) is 17.5 Å². The Kier molecular flexibility index (Phi) is 4.05. The molecular formula is C14H16N2O4. The third-order valence-corrected chi connectivity index (χ3v) is 3.02. The van der Waals surface area contributed by atoms with E-state index in [9.17, 15) is 4.79 Å². The summed E-state index contributed by atoms with van der Waals surface area (Å²) in [6.45, 7) is 0. The van der Waals surface area contributed by atoms with Gasteiger partial charge in [-0.25, -0.2) is 4.98 Å². The van der Waals surface area contributed by atoms with Gasteiger partial charge >= 0.3 is 5.97 Å². The summed E-state index contributed by atoms with van der Waals surface area (Å²) in [7, 11) is 3.13. The lowest BCUT2D eigenvalue weighted by Crippen LogP contribution is -2.32. The zero-order chi connectivity index (χ0) is 14.7. The van der Waals surface area contributed by atoms with Gasteiger partial charge in [-0.05, 0) is 24.3 Å². The number of pyridine rings is 1. The Bertz CT molecular complexity index is 642. The molecule has 0 aliphatic carbocycles. The van der Waals surface area contributed by atoms with Gasteiger partial charge in [0.05, 0.1) is 14.2 Å². The fourth-order valence-electron chi connectivity index (χ4n) is 1.98. The number of nitrogens with two attached hydrogens (primary N) is 1. The van der Waals surface area contributed by atoms with Crippen molar-refractivity contribution in [2.24, 2.45) is 5.73 Å². The molecule has 6 nitrogen and oxygen atoms in total. The van der Waals surface area contributed by atoms with Crippen LogP contribution >= 0.6 is 0 Å². The number of nitrogens with zero attached hydrogens (tertiary/aromatic N) is 1. The number of hydrogen-bond donors (Lipinski definition) is 2. The molecule has 20 heavy (non-hydrogen) atoms. The second-order valence-corrected chi connectivity index (χ2v) is 4.32. The third kappa shape index (κ3) is 2.65. The number of aromatic nitrogens is 1. The maximum atomic E-state index is 10.8. The number of rotatable bonds is 5. The molecule has 0 spiro atoms. The Morgan fingerprint density at radius 2 is 1.90 bits per heavy atom. The second kappa shape index (κ2) is 5.75. The van der Waals surface area contributed by atoms with E-state index in [2.05, 4.69) is 4.98 Å². The maximum Gasteiger partial charge on any atom is 0.320 e. The molecule has 1 unspecified atom stereocenters. The molecule has 0 aliphatic rings. The van der Waals surface area contributed by atoms with Crippen molar-refractivity contribution >= 4 is 16.9 Å². The number of fused-ring (bicyclic) bond motifs is 1. The Balaban J connectivity index is 2.49. The van der Waals surface area contributed by atoms with Crippen LogP contribution in [0.2, 0.25) is 0 Å². The van der Waals surface area contributed by atoms with E-state index in [-0.39, 0.29) is 6.42 Å². The largest absolute Gasteiger partial charge is 0.496 e. The Hall–Kier alpha value is -2.34. The fourth-order valence-corrected chi connectivity index (χ4v) is 1.98. The van der Waals surface area contributed by atoms with Crippen LogP contribution in [0.25, 0.3) is 10.9 Å². The highest BCUT2D eigenvalue weighted by atomic mass is 16.5.